The van der Waals surface area contributed by atoms with Crippen LogP contribution in [0.1, 0.15) is 20.9 Å². The van der Waals surface area contributed by atoms with Crippen LogP contribution in [-0.2, 0) is 10.0 Å². The Balaban J connectivity index is 1.29. The normalized spacial score (nSPS) is 13.7. The molecule has 1 N–H and O–H groups in total. The minimum atomic E-state index is -4.06. The topological polar surface area (TPSA) is 109 Å². The van der Waals surface area contributed by atoms with Gasteiger partial charge in [-0.15, -0.1) is 0 Å². The van der Waals surface area contributed by atoms with E-state index in [4.69, 9.17) is 32.4 Å². The van der Waals surface area contributed by atoms with Crippen molar-refractivity contribution in [3.63, 3.8) is 0 Å². The smallest absolute Gasteiger partial charge is 0.289 e. The first-order valence-corrected chi connectivity index (χ1v) is 14.4. The minimum absolute atomic E-state index is 0.0302. The Morgan fingerprint density at radius 2 is 1.50 bits per heavy atom. The third-order valence-electron chi connectivity index (χ3n) is 6.24. The number of halogens is 2. The summed E-state index contributed by atoms with van der Waals surface area (Å²) in [5.41, 5.74) is 0.181. The fourth-order valence-corrected chi connectivity index (χ4v) is 5.59. The van der Waals surface area contributed by atoms with Crippen molar-refractivity contribution in [1.82, 2.24) is 9.80 Å². The molecule has 0 unspecified atom stereocenters. The van der Waals surface area contributed by atoms with E-state index >= 15 is 0 Å². The maximum atomic E-state index is 13.4. The summed E-state index contributed by atoms with van der Waals surface area (Å²) in [4.78, 5) is 29.1. The number of amides is 2. The molecular formula is C28H23Cl2N3O6S. The number of ether oxygens (including phenoxy) is 1. The van der Waals surface area contributed by atoms with Gasteiger partial charge in [0.25, 0.3) is 21.8 Å². The summed E-state index contributed by atoms with van der Waals surface area (Å²) in [7, 11) is -4.06. The highest BCUT2D eigenvalue weighted by Crippen LogP contribution is 2.30. The Labute approximate surface area is 240 Å². The van der Waals surface area contributed by atoms with E-state index in [1.165, 1.54) is 48.7 Å². The van der Waals surface area contributed by atoms with Crippen molar-refractivity contribution in [2.45, 2.75) is 4.90 Å². The second kappa shape index (κ2) is 11.6. The van der Waals surface area contributed by atoms with E-state index in [-0.39, 0.29) is 45.9 Å². The number of hydrogen-bond acceptors (Lipinski definition) is 6. The summed E-state index contributed by atoms with van der Waals surface area (Å²) in [5, 5.41) is 0.699. The number of piperazine rings is 1. The number of rotatable bonds is 7. The fourth-order valence-electron chi connectivity index (χ4n) is 4.17. The van der Waals surface area contributed by atoms with Crippen LogP contribution in [0.25, 0.3) is 0 Å². The molecule has 3 aromatic carbocycles. The maximum absolute atomic E-state index is 13.4. The number of benzene rings is 3. The third kappa shape index (κ3) is 6.09. The van der Waals surface area contributed by atoms with Crippen LogP contribution in [0.5, 0.6) is 11.5 Å². The SMILES string of the molecule is O=C(c1ccco1)N1CCN(C(=O)c2cc(Cl)ccc2NS(=O)(=O)c2ccc(Oc3ccccc3Cl)cc2)CC1. The molecule has 1 aromatic heterocycles. The van der Waals surface area contributed by atoms with Crippen LogP contribution in [-0.4, -0.2) is 56.2 Å². The molecule has 1 aliphatic rings. The fraction of sp³-hybridized carbons (Fsp3) is 0.143. The van der Waals surface area contributed by atoms with E-state index in [2.05, 4.69) is 4.72 Å². The molecule has 206 valence electrons. The predicted molar refractivity (Wildman–Crippen MR) is 151 cm³/mol. The van der Waals surface area contributed by atoms with Crippen LogP contribution in [0.2, 0.25) is 10.0 Å². The van der Waals surface area contributed by atoms with E-state index in [0.717, 1.165) is 0 Å². The van der Waals surface area contributed by atoms with E-state index in [1.54, 1.807) is 46.2 Å². The van der Waals surface area contributed by atoms with Gasteiger partial charge in [0.1, 0.15) is 11.5 Å². The summed E-state index contributed by atoms with van der Waals surface area (Å²) in [5.74, 6) is 0.410. The lowest BCUT2D eigenvalue weighted by molar-refractivity contribution is 0.0518. The van der Waals surface area contributed by atoms with Crippen LogP contribution in [0, 0.1) is 0 Å². The highest BCUT2D eigenvalue weighted by molar-refractivity contribution is 7.92. The number of hydrogen-bond donors (Lipinski definition) is 1. The van der Waals surface area contributed by atoms with E-state index in [1.807, 2.05) is 0 Å². The van der Waals surface area contributed by atoms with E-state index in [0.29, 0.717) is 29.6 Å². The number of furan rings is 1. The van der Waals surface area contributed by atoms with Crippen LogP contribution < -0.4 is 9.46 Å². The average molecular weight is 600 g/mol. The molecule has 4 aromatic rings. The summed E-state index contributed by atoms with van der Waals surface area (Å²) < 4.78 is 39.8. The number of anilines is 1. The molecule has 0 saturated carbocycles. The second-order valence-electron chi connectivity index (χ2n) is 8.86. The predicted octanol–water partition coefficient (Wildman–Crippen LogP) is 5.78. The van der Waals surface area contributed by atoms with Gasteiger partial charge in [-0.05, 0) is 66.7 Å². The van der Waals surface area contributed by atoms with Gasteiger partial charge in [0.05, 0.1) is 27.4 Å². The zero-order chi connectivity index (χ0) is 28.3. The lowest BCUT2D eigenvalue weighted by Gasteiger charge is -2.34. The highest BCUT2D eigenvalue weighted by Gasteiger charge is 2.28. The van der Waals surface area contributed by atoms with Crippen molar-refractivity contribution >= 4 is 50.7 Å². The third-order valence-corrected chi connectivity index (χ3v) is 8.17. The first kappa shape index (κ1) is 27.6. The molecule has 5 rings (SSSR count). The zero-order valence-corrected chi connectivity index (χ0v) is 23.2. The van der Waals surface area contributed by atoms with Gasteiger partial charge in [0.2, 0.25) is 0 Å². The zero-order valence-electron chi connectivity index (χ0n) is 20.9. The summed E-state index contributed by atoms with van der Waals surface area (Å²) >= 11 is 12.3. The molecule has 2 amide bonds. The van der Waals surface area contributed by atoms with Crippen molar-refractivity contribution in [1.29, 1.82) is 0 Å². The van der Waals surface area contributed by atoms with Crippen LogP contribution in [0.3, 0.4) is 0 Å². The average Bonchev–Trinajstić information content (AvgIpc) is 3.50. The molecule has 2 heterocycles. The summed E-state index contributed by atoms with van der Waals surface area (Å²) in [6.07, 6.45) is 1.43. The maximum Gasteiger partial charge on any atom is 0.289 e. The van der Waals surface area contributed by atoms with Gasteiger partial charge >= 0.3 is 0 Å². The number of sulfonamides is 1. The second-order valence-corrected chi connectivity index (χ2v) is 11.4. The molecule has 0 bridgehead atoms. The molecule has 0 atom stereocenters. The minimum Gasteiger partial charge on any atom is -0.459 e. The van der Waals surface area contributed by atoms with E-state index in [9.17, 15) is 18.0 Å². The molecule has 12 heteroatoms. The number of carbonyl (C=O) groups is 2. The quantitative estimate of drug-likeness (QED) is 0.288. The molecule has 0 radical (unpaired) electrons. The monoisotopic (exact) mass is 599 g/mol. The van der Waals surface area contributed by atoms with Gasteiger partial charge in [-0.1, -0.05) is 35.3 Å². The van der Waals surface area contributed by atoms with Gasteiger partial charge in [-0.2, -0.15) is 0 Å². The van der Waals surface area contributed by atoms with Gasteiger partial charge in [-0.3, -0.25) is 14.3 Å². The van der Waals surface area contributed by atoms with Crippen LogP contribution >= 0.6 is 23.2 Å². The van der Waals surface area contributed by atoms with Crippen molar-refractivity contribution in [3.8, 4) is 11.5 Å². The Morgan fingerprint density at radius 1 is 0.825 bits per heavy atom. The summed E-state index contributed by atoms with van der Waals surface area (Å²) in [6.45, 7) is 1.12. The molecule has 9 nitrogen and oxygen atoms in total. The lowest BCUT2D eigenvalue weighted by Crippen LogP contribution is -2.50. The number of nitrogens with one attached hydrogen (secondary N) is 1. The molecule has 40 heavy (non-hydrogen) atoms. The molecule has 0 aliphatic carbocycles. The molecule has 0 spiro atoms. The highest BCUT2D eigenvalue weighted by atomic mass is 35.5. The largest absolute Gasteiger partial charge is 0.459 e. The van der Waals surface area contributed by atoms with Crippen molar-refractivity contribution < 1.29 is 27.2 Å². The Hall–Kier alpha value is -3.99. The van der Waals surface area contributed by atoms with Crippen molar-refractivity contribution in [3.05, 3.63) is 106 Å². The van der Waals surface area contributed by atoms with E-state index < -0.39 is 15.9 Å². The first-order chi connectivity index (χ1) is 19.2. The van der Waals surface area contributed by atoms with Gasteiger partial charge < -0.3 is 19.0 Å². The number of nitrogens with zero attached hydrogens (tertiary/aromatic N) is 2. The van der Waals surface area contributed by atoms with Crippen LogP contribution in [0.4, 0.5) is 5.69 Å². The number of para-hydroxylation sites is 1. The van der Waals surface area contributed by atoms with Crippen molar-refractivity contribution in [2.24, 2.45) is 0 Å². The first-order valence-electron chi connectivity index (χ1n) is 12.2. The lowest BCUT2D eigenvalue weighted by atomic mass is 10.1. The number of carbonyl (C=O) groups excluding carboxylic acids is 2. The van der Waals surface area contributed by atoms with Gasteiger partial charge in [0, 0.05) is 31.2 Å². The Kier molecular flexibility index (Phi) is 8.02. The van der Waals surface area contributed by atoms with Gasteiger partial charge in [0.15, 0.2) is 5.76 Å². The molecular weight excluding hydrogens is 577 g/mol. The summed E-state index contributed by atoms with van der Waals surface area (Å²) in [6, 6.07) is 20.3. The molecule has 1 aliphatic heterocycles. The van der Waals surface area contributed by atoms with Crippen molar-refractivity contribution in [2.75, 3.05) is 30.9 Å². The molecule has 1 saturated heterocycles. The standard InChI is InChI=1S/C28H23Cl2N3O6S/c29-19-7-12-24(22(18-19)27(34)32-13-15-33(16-14-32)28(35)26-6-3-17-38-26)31-40(36,37)21-10-8-20(9-11-21)39-25-5-2-1-4-23(25)30/h1-12,17-18,31H,13-16H2. The Morgan fingerprint density at radius 3 is 2.15 bits per heavy atom. The molecule has 1 fully saturated rings. The van der Waals surface area contributed by atoms with Crippen LogP contribution in [0.15, 0.2) is 94.4 Å². The Bertz CT molecular complexity index is 1640. The van der Waals surface area contributed by atoms with Gasteiger partial charge in [-0.25, -0.2) is 8.42 Å².